The number of hydrogen-bond acceptors (Lipinski definition) is 1. The van der Waals surface area contributed by atoms with E-state index in [9.17, 15) is 13.2 Å². The summed E-state index contributed by atoms with van der Waals surface area (Å²) in [6.45, 7) is 5.75. The molecule has 1 unspecified atom stereocenters. The Morgan fingerprint density at radius 1 is 1.29 bits per heavy atom. The molecule has 0 saturated carbocycles. The van der Waals surface area contributed by atoms with Crippen molar-refractivity contribution >= 4 is 0 Å². The Labute approximate surface area is 99.0 Å². The van der Waals surface area contributed by atoms with E-state index in [1.807, 2.05) is 0 Å². The number of halogens is 3. The van der Waals surface area contributed by atoms with Gasteiger partial charge >= 0.3 is 6.18 Å². The Balaban J connectivity index is 2.34. The van der Waals surface area contributed by atoms with E-state index in [4.69, 9.17) is 0 Å². The zero-order valence-corrected chi connectivity index (χ0v) is 9.93. The largest absolute Gasteiger partial charge is 0.416 e. The molecule has 0 aromatic heterocycles. The average Bonchev–Trinajstić information content (AvgIpc) is 2.57. The van der Waals surface area contributed by atoms with Gasteiger partial charge < -0.3 is 5.32 Å². The summed E-state index contributed by atoms with van der Waals surface area (Å²) in [4.78, 5) is 0. The van der Waals surface area contributed by atoms with Crippen LogP contribution >= 0.6 is 0 Å². The SMILES string of the molecule is CC1(C)CNCC1c1cccc(C(F)(F)F)c1. The van der Waals surface area contributed by atoms with E-state index in [2.05, 4.69) is 19.2 Å². The van der Waals surface area contributed by atoms with Crippen LogP contribution in [0.3, 0.4) is 0 Å². The van der Waals surface area contributed by atoms with Gasteiger partial charge in [-0.1, -0.05) is 32.0 Å². The Morgan fingerprint density at radius 2 is 2.00 bits per heavy atom. The average molecular weight is 243 g/mol. The minimum atomic E-state index is -4.26. The van der Waals surface area contributed by atoms with Gasteiger partial charge in [-0.3, -0.25) is 0 Å². The van der Waals surface area contributed by atoms with Gasteiger partial charge in [-0.15, -0.1) is 0 Å². The van der Waals surface area contributed by atoms with E-state index in [1.54, 1.807) is 6.07 Å². The van der Waals surface area contributed by atoms with Gasteiger partial charge in [0.25, 0.3) is 0 Å². The van der Waals surface area contributed by atoms with Crippen molar-refractivity contribution in [3.63, 3.8) is 0 Å². The van der Waals surface area contributed by atoms with Crippen molar-refractivity contribution in [2.45, 2.75) is 25.9 Å². The molecular formula is C13H16F3N. The maximum Gasteiger partial charge on any atom is 0.416 e. The molecule has 1 nitrogen and oxygen atoms in total. The van der Waals surface area contributed by atoms with Crippen molar-refractivity contribution in [3.05, 3.63) is 35.4 Å². The molecule has 1 saturated heterocycles. The van der Waals surface area contributed by atoms with Crippen LogP contribution in [0.5, 0.6) is 0 Å². The Bertz CT molecular complexity index is 409. The van der Waals surface area contributed by atoms with Gasteiger partial charge in [-0.05, 0) is 17.0 Å². The van der Waals surface area contributed by atoms with E-state index in [-0.39, 0.29) is 11.3 Å². The second kappa shape index (κ2) is 4.02. The van der Waals surface area contributed by atoms with Gasteiger partial charge in [-0.2, -0.15) is 13.2 Å². The van der Waals surface area contributed by atoms with Gasteiger partial charge in [0.15, 0.2) is 0 Å². The van der Waals surface area contributed by atoms with Crippen molar-refractivity contribution < 1.29 is 13.2 Å². The zero-order chi connectivity index (χ0) is 12.7. The second-order valence-electron chi connectivity index (χ2n) is 5.30. The lowest BCUT2D eigenvalue weighted by molar-refractivity contribution is -0.137. The van der Waals surface area contributed by atoms with E-state index in [0.29, 0.717) is 0 Å². The van der Waals surface area contributed by atoms with Crippen molar-refractivity contribution in [1.82, 2.24) is 5.32 Å². The second-order valence-corrected chi connectivity index (χ2v) is 5.30. The first-order valence-corrected chi connectivity index (χ1v) is 5.68. The smallest absolute Gasteiger partial charge is 0.316 e. The fourth-order valence-electron chi connectivity index (χ4n) is 2.44. The molecule has 0 aliphatic carbocycles. The molecular weight excluding hydrogens is 227 g/mol. The van der Waals surface area contributed by atoms with Crippen LogP contribution in [-0.2, 0) is 6.18 Å². The molecule has 1 fully saturated rings. The molecule has 94 valence electrons. The van der Waals surface area contributed by atoms with Crippen LogP contribution in [0.15, 0.2) is 24.3 Å². The highest BCUT2D eigenvalue weighted by Crippen LogP contribution is 2.40. The van der Waals surface area contributed by atoms with Crippen LogP contribution in [0, 0.1) is 5.41 Å². The summed E-state index contributed by atoms with van der Waals surface area (Å²) in [6, 6.07) is 5.68. The topological polar surface area (TPSA) is 12.0 Å². The van der Waals surface area contributed by atoms with Gasteiger partial charge in [0.2, 0.25) is 0 Å². The van der Waals surface area contributed by atoms with Crippen LogP contribution in [-0.4, -0.2) is 13.1 Å². The Hall–Kier alpha value is -1.03. The number of rotatable bonds is 1. The predicted molar refractivity (Wildman–Crippen MR) is 60.8 cm³/mol. The first kappa shape index (κ1) is 12.4. The van der Waals surface area contributed by atoms with Gasteiger partial charge in [-0.25, -0.2) is 0 Å². The highest BCUT2D eigenvalue weighted by atomic mass is 19.4. The lowest BCUT2D eigenvalue weighted by Crippen LogP contribution is -2.21. The summed E-state index contributed by atoms with van der Waals surface area (Å²) < 4.78 is 37.9. The summed E-state index contributed by atoms with van der Waals surface area (Å²) in [5, 5.41) is 3.24. The first-order valence-electron chi connectivity index (χ1n) is 5.68. The molecule has 0 amide bonds. The Kier molecular flexibility index (Phi) is 2.94. The van der Waals surface area contributed by atoms with Crippen molar-refractivity contribution in [1.29, 1.82) is 0 Å². The number of benzene rings is 1. The molecule has 1 aromatic carbocycles. The van der Waals surface area contributed by atoms with Gasteiger partial charge in [0, 0.05) is 19.0 Å². The molecule has 1 atom stereocenters. The summed E-state index contributed by atoms with van der Waals surface area (Å²) in [5.74, 6) is 0.143. The minimum Gasteiger partial charge on any atom is -0.316 e. The van der Waals surface area contributed by atoms with Gasteiger partial charge in [0.05, 0.1) is 5.56 Å². The lowest BCUT2D eigenvalue weighted by atomic mass is 9.77. The number of nitrogens with one attached hydrogen (secondary N) is 1. The third-order valence-corrected chi connectivity index (χ3v) is 3.49. The van der Waals surface area contributed by atoms with Crippen molar-refractivity contribution in [2.24, 2.45) is 5.41 Å². The fraction of sp³-hybridized carbons (Fsp3) is 0.538. The fourth-order valence-corrected chi connectivity index (χ4v) is 2.44. The standard InChI is InChI=1S/C13H16F3N/c1-12(2)8-17-7-11(12)9-4-3-5-10(6-9)13(14,15)16/h3-6,11,17H,7-8H2,1-2H3. The molecule has 4 heteroatoms. The molecule has 0 radical (unpaired) electrons. The Morgan fingerprint density at radius 3 is 2.53 bits per heavy atom. The molecule has 1 aromatic rings. The van der Waals surface area contributed by atoms with Crippen LogP contribution in [0.1, 0.15) is 30.9 Å². The monoisotopic (exact) mass is 243 g/mol. The van der Waals surface area contributed by atoms with Gasteiger partial charge in [0.1, 0.15) is 0 Å². The maximum atomic E-state index is 12.6. The molecule has 0 spiro atoms. The van der Waals surface area contributed by atoms with Crippen LogP contribution in [0.25, 0.3) is 0 Å². The summed E-state index contributed by atoms with van der Waals surface area (Å²) >= 11 is 0. The number of hydrogen-bond donors (Lipinski definition) is 1. The van der Waals surface area contributed by atoms with Crippen molar-refractivity contribution in [3.8, 4) is 0 Å². The van der Waals surface area contributed by atoms with Crippen LogP contribution < -0.4 is 5.32 Å². The third kappa shape index (κ3) is 2.46. The molecule has 1 aliphatic rings. The normalized spacial score (nSPS) is 23.9. The van der Waals surface area contributed by atoms with Crippen molar-refractivity contribution in [2.75, 3.05) is 13.1 Å². The maximum absolute atomic E-state index is 12.6. The molecule has 1 N–H and O–H groups in total. The number of alkyl halides is 3. The lowest BCUT2D eigenvalue weighted by Gasteiger charge is -2.26. The summed E-state index contributed by atoms with van der Waals surface area (Å²) in [6.07, 6.45) is -4.26. The third-order valence-electron chi connectivity index (χ3n) is 3.49. The van der Waals surface area contributed by atoms with E-state index in [1.165, 1.54) is 12.1 Å². The van der Waals surface area contributed by atoms with E-state index >= 15 is 0 Å². The minimum absolute atomic E-state index is 0.00419. The zero-order valence-electron chi connectivity index (χ0n) is 9.93. The summed E-state index contributed by atoms with van der Waals surface area (Å²) in [7, 11) is 0. The molecule has 0 bridgehead atoms. The van der Waals surface area contributed by atoms with Crippen LogP contribution in [0.2, 0.25) is 0 Å². The molecule has 1 heterocycles. The molecule has 1 aliphatic heterocycles. The molecule has 2 rings (SSSR count). The van der Waals surface area contributed by atoms with E-state index < -0.39 is 11.7 Å². The quantitative estimate of drug-likeness (QED) is 0.797. The summed E-state index contributed by atoms with van der Waals surface area (Å²) in [5.41, 5.74) is 0.219. The highest BCUT2D eigenvalue weighted by Gasteiger charge is 2.37. The predicted octanol–water partition coefficient (Wildman–Crippen LogP) is 3.42. The highest BCUT2D eigenvalue weighted by molar-refractivity contribution is 5.30. The van der Waals surface area contributed by atoms with Crippen LogP contribution in [0.4, 0.5) is 13.2 Å². The first-order chi connectivity index (χ1) is 7.81. The van der Waals surface area contributed by atoms with E-state index in [0.717, 1.165) is 24.7 Å². The molecule has 17 heavy (non-hydrogen) atoms.